The molecule has 1 heterocycles. The Morgan fingerprint density at radius 2 is 0.837 bits per heavy atom. The average molecular weight is 550 g/mol. The molecule has 0 amide bonds. The zero-order chi connectivity index (χ0) is 28.6. The van der Waals surface area contributed by atoms with Crippen LogP contribution in [0.1, 0.15) is 0 Å². The van der Waals surface area contributed by atoms with Crippen LogP contribution in [0, 0.1) is 0 Å². The van der Waals surface area contributed by atoms with Gasteiger partial charge in [0, 0.05) is 11.1 Å². The molecule has 7 aromatic carbocycles. The van der Waals surface area contributed by atoms with Crippen molar-refractivity contribution in [1.82, 2.24) is 14.8 Å². The second-order valence-corrected chi connectivity index (χ2v) is 10.7. The number of nitrogens with zero attached hydrogens (tertiary/aromatic N) is 3. The van der Waals surface area contributed by atoms with Gasteiger partial charge in [0.05, 0.1) is 5.69 Å². The van der Waals surface area contributed by atoms with E-state index in [0.717, 1.165) is 22.6 Å². The van der Waals surface area contributed by atoms with Crippen LogP contribution < -0.4 is 0 Å². The quantitative estimate of drug-likeness (QED) is 0.214. The van der Waals surface area contributed by atoms with Crippen molar-refractivity contribution in [2.24, 2.45) is 0 Å². The maximum Gasteiger partial charge on any atom is 0.182 e. The molecule has 0 bridgehead atoms. The van der Waals surface area contributed by atoms with Gasteiger partial charge in [-0.25, -0.2) is 9.67 Å². The fraction of sp³-hybridized carbons (Fsp3) is 0. The van der Waals surface area contributed by atoms with E-state index in [1.54, 1.807) is 0 Å². The van der Waals surface area contributed by atoms with E-state index in [0.29, 0.717) is 5.82 Å². The smallest absolute Gasteiger partial charge is 0.182 e. The Morgan fingerprint density at radius 3 is 1.42 bits per heavy atom. The molecule has 3 heteroatoms. The lowest BCUT2D eigenvalue weighted by Gasteiger charge is -2.09. The Balaban J connectivity index is 1.18. The minimum absolute atomic E-state index is 0.696. The second kappa shape index (κ2) is 10.6. The van der Waals surface area contributed by atoms with Gasteiger partial charge in [0.25, 0.3) is 0 Å². The summed E-state index contributed by atoms with van der Waals surface area (Å²) in [7, 11) is 0. The lowest BCUT2D eigenvalue weighted by atomic mass is 9.97. The van der Waals surface area contributed by atoms with Crippen LogP contribution in [0.3, 0.4) is 0 Å². The second-order valence-electron chi connectivity index (χ2n) is 10.7. The highest BCUT2D eigenvalue weighted by Gasteiger charge is 2.16. The van der Waals surface area contributed by atoms with Gasteiger partial charge in [-0.05, 0) is 55.9 Å². The van der Waals surface area contributed by atoms with Crippen LogP contribution in [0.5, 0.6) is 0 Å². The van der Waals surface area contributed by atoms with Crippen molar-refractivity contribution in [1.29, 1.82) is 0 Å². The number of rotatable bonds is 5. The van der Waals surface area contributed by atoms with Gasteiger partial charge in [-0.1, -0.05) is 152 Å². The van der Waals surface area contributed by atoms with Crippen LogP contribution in [0.2, 0.25) is 0 Å². The maximum absolute atomic E-state index is 5.08. The Morgan fingerprint density at radius 1 is 0.372 bits per heavy atom. The minimum Gasteiger partial charge on any atom is -0.213 e. The van der Waals surface area contributed by atoms with Crippen molar-refractivity contribution in [2.45, 2.75) is 0 Å². The predicted octanol–water partition coefficient (Wildman–Crippen LogP) is 10.2. The molecule has 0 saturated heterocycles. The van der Waals surface area contributed by atoms with Gasteiger partial charge in [-0.15, -0.1) is 5.10 Å². The summed E-state index contributed by atoms with van der Waals surface area (Å²) in [5.41, 5.74) is 7.76. The SMILES string of the molecule is c1ccc(-n2nc(-c3ccc(-c4cccc5ccccc45)cc3)nc2-c2ccc(-c3cccc4ccccc34)cc2)cc1. The van der Waals surface area contributed by atoms with E-state index < -0.39 is 0 Å². The van der Waals surface area contributed by atoms with Crippen molar-refractivity contribution in [3.05, 3.63) is 164 Å². The standard InChI is InChI=1S/C40H27N3/c1-2-14-34(15-3-1)43-40(33-26-22-31(23-27-33)38-19-9-13-29-11-5-7-17-36(29)38)41-39(42-43)32-24-20-30(21-25-32)37-18-8-12-28-10-4-6-16-35(28)37/h1-27H. The van der Waals surface area contributed by atoms with E-state index in [1.165, 1.54) is 43.8 Å². The highest BCUT2D eigenvalue weighted by atomic mass is 15.4. The molecular weight excluding hydrogens is 522 g/mol. The molecular formula is C40H27N3. The van der Waals surface area contributed by atoms with Crippen LogP contribution in [-0.4, -0.2) is 14.8 Å². The summed E-state index contributed by atoms with van der Waals surface area (Å²) in [4.78, 5) is 5.08. The topological polar surface area (TPSA) is 30.7 Å². The number of hydrogen-bond donors (Lipinski definition) is 0. The van der Waals surface area contributed by atoms with E-state index >= 15 is 0 Å². The van der Waals surface area contributed by atoms with Gasteiger partial charge in [0.15, 0.2) is 11.6 Å². The van der Waals surface area contributed by atoms with Crippen LogP contribution in [0.4, 0.5) is 0 Å². The summed E-state index contributed by atoms with van der Waals surface area (Å²) in [6, 6.07) is 57.4. The molecule has 8 aromatic rings. The van der Waals surface area contributed by atoms with E-state index in [-0.39, 0.29) is 0 Å². The largest absolute Gasteiger partial charge is 0.213 e. The van der Waals surface area contributed by atoms with Crippen LogP contribution in [-0.2, 0) is 0 Å². The molecule has 1 aromatic heterocycles. The first-order valence-corrected chi connectivity index (χ1v) is 14.5. The van der Waals surface area contributed by atoms with Gasteiger partial charge in [-0.2, -0.15) is 0 Å². The van der Waals surface area contributed by atoms with Crippen molar-refractivity contribution in [2.75, 3.05) is 0 Å². The van der Waals surface area contributed by atoms with E-state index in [9.17, 15) is 0 Å². The average Bonchev–Trinajstić information content (AvgIpc) is 3.54. The van der Waals surface area contributed by atoms with Crippen molar-refractivity contribution in [3.63, 3.8) is 0 Å². The Kier molecular flexibility index (Phi) is 6.12. The Bertz CT molecular complexity index is 2200. The molecule has 0 radical (unpaired) electrons. The molecule has 0 aliphatic carbocycles. The molecule has 0 saturated carbocycles. The maximum atomic E-state index is 5.08. The summed E-state index contributed by atoms with van der Waals surface area (Å²) in [5, 5.41) is 9.98. The van der Waals surface area contributed by atoms with Gasteiger partial charge < -0.3 is 0 Å². The molecule has 43 heavy (non-hydrogen) atoms. The highest BCUT2D eigenvalue weighted by Crippen LogP contribution is 2.33. The summed E-state index contributed by atoms with van der Waals surface area (Å²) in [6.07, 6.45) is 0. The molecule has 0 aliphatic rings. The van der Waals surface area contributed by atoms with Crippen molar-refractivity contribution >= 4 is 21.5 Å². The van der Waals surface area contributed by atoms with Crippen LogP contribution in [0.15, 0.2) is 164 Å². The fourth-order valence-corrected chi connectivity index (χ4v) is 5.92. The molecule has 0 spiro atoms. The normalized spacial score (nSPS) is 11.3. The van der Waals surface area contributed by atoms with Crippen LogP contribution in [0.25, 0.3) is 72.3 Å². The first kappa shape index (κ1) is 25.0. The summed E-state index contributed by atoms with van der Waals surface area (Å²) >= 11 is 0. The molecule has 0 fully saturated rings. The van der Waals surface area contributed by atoms with Crippen LogP contribution >= 0.6 is 0 Å². The van der Waals surface area contributed by atoms with E-state index in [1.807, 2.05) is 22.9 Å². The number of fused-ring (bicyclic) bond motifs is 2. The first-order chi connectivity index (χ1) is 21.3. The molecule has 0 unspecified atom stereocenters. The molecule has 0 atom stereocenters. The zero-order valence-corrected chi connectivity index (χ0v) is 23.4. The molecule has 0 aliphatic heterocycles. The van der Waals surface area contributed by atoms with Gasteiger partial charge >= 0.3 is 0 Å². The Hall–Kier alpha value is -5.80. The number of hydrogen-bond acceptors (Lipinski definition) is 2. The van der Waals surface area contributed by atoms with Crippen molar-refractivity contribution < 1.29 is 0 Å². The molecule has 3 nitrogen and oxygen atoms in total. The molecule has 202 valence electrons. The predicted molar refractivity (Wildman–Crippen MR) is 178 cm³/mol. The minimum atomic E-state index is 0.696. The monoisotopic (exact) mass is 549 g/mol. The third kappa shape index (κ3) is 4.58. The third-order valence-electron chi connectivity index (χ3n) is 8.10. The van der Waals surface area contributed by atoms with E-state index in [2.05, 4.69) is 146 Å². The number of para-hydroxylation sites is 1. The Labute approximate surface area is 250 Å². The van der Waals surface area contributed by atoms with E-state index in [4.69, 9.17) is 10.1 Å². The molecule has 0 N–H and O–H groups in total. The van der Waals surface area contributed by atoms with Gasteiger partial charge in [0.2, 0.25) is 0 Å². The lowest BCUT2D eigenvalue weighted by molar-refractivity contribution is 0.890. The highest BCUT2D eigenvalue weighted by molar-refractivity contribution is 5.97. The number of benzene rings is 7. The first-order valence-electron chi connectivity index (χ1n) is 14.5. The number of aromatic nitrogens is 3. The van der Waals surface area contributed by atoms with Crippen molar-refractivity contribution in [3.8, 4) is 50.7 Å². The van der Waals surface area contributed by atoms with Gasteiger partial charge in [-0.3, -0.25) is 0 Å². The fourth-order valence-electron chi connectivity index (χ4n) is 5.92. The summed E-state index contributed by atoms with van der Waals surface area (Å²) in [6.45, 7) is 0. The lowest BCUT2D eigenvalue weighted by Crippen LogP contribution is -1.99. The molecule has 8 rings (SSSR count). The summed E-state index contributed by atoms with van der Waals surface area (Å²) < 4.78 is 1.95. The third-order valence-corrected chi connectivity index (χ3v) is 8.10. The van der Waals surface area contributed by atoms with Gasteiger partial charge in [0.1, 0.15) is 0 Å². The summed E-state index contributed by atoms with van der Waals surface area (Å²) in [5.74, 6) is 1.50. The zero-order valence-electron chi connectivity index (χ0n) is 23.4.